The molecule has 0 saturated carbocycles. The lowest BCUT2D eigenvalue weighted by molar-refractivity contribution is -0.133. The van der Waals surface area contributed by atoms with E-state index in [0.717, 1.165) is 0 Å². The number of rotatable bonds is 4. The van der Waals surface area contributed by atoms with E-state index in [2.05, 4.69) is 98.1 Å². The molecular weight excluding hydrogens is 699 g/mol. The van der Waals surface area contributed by atoms with Crippen molar-refractivity contribution < 1.29 is 42.5 Å². The molecule has 0 amide bonds. The molecule has 3 aromatic carbocycles. The van der Waals surface area contributed by atoms with Crippen LogP contribution in [0.1, 0.15) is 72.2 Å². The largest absolute Gasteiger partial charge is 0.368 e. The zero-order valence-electron chi connectivity index (χ0n) is 30.2. The number of hydrogen-bond acceptors (Lipinski definition) is 8. The molecule has 0 aromatic heterocycles. The van der Waals surface area contributed by atoms with Gasteiger partial charge < -0.3 is 18.9 Å². The predicted octanol–water partition coefficient (Wildman–Crippen LogP) is 6.34. The molecule has 0 aliphatic rings. The number of ether oxygens (including phenoxy) is 4. The third kappa shape index (κ3) is 13.1. The summed E-state index contributed by atoms with van der Waals surface area (Å²) in [5.41, 5.74) is 2.06. The maximum atomic E-state index is 16.5. The fourth-order valence-electron chi connectivity index (χ4n) is 3.50. The minimum absolute atomic E-state index is 0.00922. The molecule has 268 valence electrons. The Bertz CT molecular complexity index is 2540. The molecule has 3 aromatic rings. The smallest absolute Gasteiger partial charge is 0.347 e. The molecule has 0 N–H and O–H groups in total. The van der Waals surface area contributed by atoms with Crippen molar-refractivity contribution in [1.82, 2.24) is 0 Å². The van der Waals surface area contributed by atoms with Gasteiger partial charge in [-0.1, -0.05) is 50.0 Å². The number of carbonyl (C=O) groups is 4. The SMILES string of the molecule is C=C(C)C(=O)OC#Cc1ccc(C#Cc2cc(C#COC(=O)C(=C)C)c(C#Cc3ccc(C#COC(=O)C(=C)C)cc3)c(F)c2C#COC(=O)C(=C)C)cc1. The summed E-state index contributed by atoms with van der Waals surface area (Å²) in [4.78, 5) is 47.1. The Morgan fingerprint density at radius 3 is 1.11 bits per heavy atom. The first-order chi connectivity index (χ1) is 26.2. The molecule has 0 aliphatic heterocycles. The van der Waals surface area contributed by atoms with Gasteiger partial charge in [0.15, 0.2) is 5.82 Å². The van der Waals surface area contributed by atoms with E-state index in [1.807, 2.05) is 0 Å². The Hall–Kier alpha value is -8.21. The molecule has 8 nitrogen and oxygen atoms in total. The van der Waals surface area contributed by atoms with Crippen LogP contribution in [0.4, 0.5) is 4.39 Å². The summed E-state index contributed by atoms with van der Waals surface area (Å²) in [5.74, 6) is 18.0. The highest BCUT2D eigenvalue weighted by Crippen LogP contribution is 2.22. The van der Waals surface area contributed by atoms with Crippen molar-refractivity contribution >= 4 is 23.9 Å². The van der Waals surface area contributed by atoms with Gasteiger partial charge in [-0.3, -0.25) is 0 Å². The molecule has 0 heterocycles. The van der Waals surface area contributed by atoms with E-state index in [9.17, 15) is 19.2 Å². The standard InChI is InChI=1S/C46H29FO8/c1-30(2)43(48)52-25-21-36-13-9-34(10-14-36)17-19-38-29-39(23-27-54-45(50)32(5)6)40(42(47)41(38)24-28-55-46(51)33(7)8)20-18-35-11-15-37(16-12-35)22-26-53-44(49)31(3)4/h9-16,29H,1,3,5,7H2,2,4,6,8H3. The maximum absolute atomic E-state index is 16.5. The summed E-state index contributed by atoms with van der Waals surface area (Å²) in [7, 11) is 0. The summed E-state index contributed by atoms with van der Waals surface area (Å²) in [6.45, 7) is 19.8. The lowest BCUT2D eigenvalue weighted by Gasteiger charge is -2.06. The van der Waals surface area contributed by atoms with Crippen molar-refractivity contribution in [2.75, 3.05) is 0 Å². The highest BCUT2D eigenvalue weighted by molar-refractivity contribution is 5.89. The van der Waals surface area contributed by atoms with Crippen LogP contribution in [0, 0.1) is 77.6 Å². The van der Waals surface area contributed by atoms with E-state index < -0.39 is 29.7 Å². The van der Waals surface area contributed by atoms with Crippen LogP contribution in [0.15, 0.2) is 103 Å². The van der Waals surface area contributed by atoms with Crippen molar-refractivity contribution in [2.45, 2.75) is 27.7 Å². The number of esters is 4. The van der Waals surface area contributed by atoms with Crippen molar-refractivity contribution in [3.05, 3.63) is 154 Å². The minimum Gasteiger partial charge on any atom is -0.368 e. The van der Waals surface area contributed by atoms with Crippen molar-refractivity contribution in [1.29, 1.82) is 0 Å². The number of carbonyl (C=O) groups excluding carboxylic acids is 4. The number of benzene rings is 3. The van der Waals surface area contributed by atoms with Gasteiger partial charge in [-0.25, -0.2) is 23.6 Å². The lowest BCUT2D eigenvalue weighted by Crippen LogP contribution is -2.02. The zero-order valence-corrected chi connectivity index (χ0v) is 30.2. The Morgan fingerprint density at radius 1 is 0.436 bits per heavy atom. The van der Waals surface area contributed by atoms with Crippen LogP contribution >= 0.6 is 0 Å². The van der Waals surface area contributed by atoms with Gasteiger partial charge in [0.05, 0.1) is 11.1 Å². The highest BCUT2D eigenvalue weighted by Gasteiger charge is 2.16. The molecule has 9 heteroatoms. The van der Waals surface area contributed by atoms with Gasteiger partial charge in [0.25, 0.3) is 0 Å². The first-order valence-corrected chi connectivity index (χ1v) is 15.8. The average molecular weight is 729 g/mol. The Kier molecular flexibility index (Phi) is 15.0. The Morgan fingerprint density at radius 2 is 0.727 bits per heavy atom. The van der Waals surface area contributed by atoms with Crippen LogP contribution in [0.25, 0.3) is 0 Å². The molecular formula is C46H29FO8. The van der Waals surface area contributed by atoms with Gasteiger partial charge in [0, 0.05) is 55.7 Å². The van der Waals surface area contributed by atoms with Gasteiger partial charge in [-0.15, -0.1) is 0 Å². The quantitative estimate of drug-likeness (QED) is 0.133. The molecule has 0 radical (unpaired) electrons. The second kappa shape index (κ2) is 20.0. The summed E-state index contributed by atoms with van der Waals surface area (Å²) >= 11 is 0. The van der Waals surface area contributed by atoms with E-state index in [4.69, 9.17) is 18.9 Å². The number of halogens is 1. The third-order valence-corrected chi connectivity index (χ3v) is 6.43. The summed E-state index contributed by atoms with van der Waals surface area (Å²) in [6.07, 6.45) is 9.06. The molecule has 0 saturated heterocycles. The Labute approximate surface area is 318 Å². The van der Waals surface area contributed by atoms with Crippen LogP contribution in [0.5, 0.6) is 0 Å². The molecule has 3 rings (SSSR count). The van der Waals surface area contributed by atoms with Gasteiger partial charge in [0.2, 0.25) is 0 Å². The summed E-state index contributed by atoms with van der Waals surface area (Å²) in [5, 5.41) is 0. The van der Waals surface area contributed by atoms with E-state index in [0.29, 0.717) is 22.3 Å². The van der Waals surface area contributed by atoms with Gasteiger partial charge in [-0.05, 0) is 106 Å². The molecule has 0 unspecified atom stereocenters. The maximum Gasteiger partial charge on any atom is 0.347 e. The third-order valence-electron chi connectivity index (χ3n) is 6.43. The Balaban J connectivity index is 2.14. The minimum atomic E-state index is -0.953. The normalized spacial score (nSPS) is 8.89. The first-order valence-electron chi connectivity index (χ1n) is 15.8. The van der Waals surface area contributed by atoms with Crippen LogP contribution < -0.4 is 0 Å². The van der Waals surface area contributed by atoms with Crippen LogP contribution in [0.3, 0.4) is 0 Å². The fraction of sp³-hybridized carbons (Fsp3) is 0.0870. The lowest BCUT2D eigenvalue weighted by atomic mass is 9.97. The number of hydrogen-bond donors (Lipinski definition) is 0. The van der Waals surface area contributed by atoms with Crippen molar-refractivity contribution in [3.63, 3.8) is 0 Å². The molecule has 0 spiro atoms. The summed E-state index contributed by atoms with van der Waals surface area (Å²) in [6, 6.07) is 14.4. The van der Waals surface area contributed by atoms with Crippen molar-refractivity contribution in [3.8, 4) is 71.8 Å². The van der Waals surface area contributed by atoms with Gasteiger partial charge in [0.1, 0.15) is 24.4 Å². The van der Waals surface area contributed by atoms with E-state index in [-0.39, 0.29) is 44.5 Å². The predicted molar refractivity (Wildman–Crippen MR) is 202 cm³/mol. The van der Waals surface area contributed by atoms with Gasteiger partial charge >= 0.3 is 23.9 Å². The molecule has 0 fully saturated rings. The van der Waals surface area contributed by atoms with Crippen LogP contribution in [-0.4, -0.2) is 23.9 Å². The molecule has 55 heavy (non-hydrogen) atoms. The van der Waals surface area contributed by atoms with Crippen molar-refractivity contribution in [2.24, 2.45) is 0 Å². The fourth-order valence-corrected chi connectivity index (χ4v) is 3.50. The zero-order chi connectivity index (χ0) is 40.5. The van der Waals surface area contributed by atoms with Gasteiger partial charge in [-0.2, -0.15) is 0 Å². The monoisotopic (exact) mass is 728 g/mol. The van der Waals surface area contributed by atoms with E-state index in [1.165, 1.54) is 33.8 Å². The highest BCUT2D eigenvalue weighted by atomic mass is 19.1. The average Bonchev–Trinajstić information content (AvgIpc) is 3.15. The topological polar surface area (TPSA) is 105 Å². The summed E-state index contributed by atoms with van der Waals surface area (Å²) < 4.78 is 35.9. The van der Waals surface area contributed by atoms with Crippen LogP contribution in [0.2, 0.25) is 0 Å². The second-order valence-corrected chi connectivity index (χ2v) is 11.3. The van der Waals surface area contributed by atoms with Crippen LogP contribution in [-0.2, 0) is 38.1 Å². The van der Waals surface area contributed by atoms with E-state index in [1.54, 1.807) is 48.5 Å². The molecule has 0 aliphatic carbocycles. The molecule has 0 atom stereocenters. The second-order valence-electron chi connectivity index (χ2n) is 11.3. The molecule has 0 bridgehead atoms. The first kappa shape index (κ1) is 41.2. The van der Waals surface area contributed by atoms with E-state index >= 15 is 4.39 Å².